The number of nitrogens with zero attached hydrogens (tertiary/aromatic N) is 3. The van der Waals surface area contributed by atoms with Crippen molar-refractivity contribution in [2.24, 2.45) is 0 Å². The van der Waals surface area contributed by atoms with Crippen molar-refractivity contribution >= 4 is 53.1 Å². The van der Waals surface area contributed by atoms with E-state index in [1.807, 2.05) is 11.3 Å². The molecule has 0 aliphatic heterocycles. The van der Waals surface area contributed by atoms with Crippen LogP contribution in [0, 0.1) is 0 Å². The van der Waals surface area contributed by atoms with Crippen LogP contribution in [0.1, 0.15) is 0 Å². The van der Waals surface area contributed by atoms with Gasteiger partial charge in [0.2, 0.25) is 0 Å². The lowest BCUT2D eigenvalue weighted by Gasteiger charge is -2.11. The van der Waals surface area contributed by atoms with Crippen LogP contribution < -0.4 is 0 Å². The van der Waals surface area contributed by atoms with Gasteiger partial charge in [-0.2, -0.15) is 0 Å². The van der Waals surface area contributed by atoms with Gasteiger partial charge in [-0.05, 0) is 62.0 Å². The maximum absolute atomic E-state index is 5.11. The van der Waals surface area contributed by atoms with Gasteiger partial charge in [-0.3, -0.25) is 0 Å². The molecule has 3 nitrogen and oxygen atoms in total. The molecule has 0 saturated heterocycles. The maximum atomic E-state index is 5.11. The van der Waals surface area contributed by atoms with Crippen molar-refractivity contribution in [3.05, 3.63) is 176 Å². The summed E-state index contributed by atoms with van der Waals surface area (Å²) in [6, 6.07) is 62.2. The summed E-state index contributed by atoms with van der Waals surface area (Å²) in [5.74, 6) is 1.95. The van der Waals surface area contributed by atoms with Gasteiger partial charge in [-0.1, -0.05) is 158 Å². The minimum absolute atomic E-state index is 0.645. The predicted molar refractivity (Wildman–Crippen MR) is 215 cm³/mol. The summed E-state index contributed by atoms with van der Waals surface area (Å²) in [5, 5.41) is 7.33. The molecule has 0 radical (unpaired) electrons. The largest absolute Gasteiger partial charge is 0.208 e. The summed E-state index contributed by atoms with van der Waals surface area (Å²) in [6.45, 7) is 0. The quantitative estimate of drug-likeness (QED) is 0.183. The van der Waals surface area contributed by atoms with Crippen LogP contribution in [0.4, 0.5) is 0 Å². The molecule has 2 heterocycles. The van der Waals surface area contributed by atoms with E-state index in [4.69, 9.17) is 15.0 Å². The van der Waals surface area contributed by atoms with Crippen LogP contribution in [0.15, 0.2) is 176 Å². The lowest BCUT2D eigenvalue weighted by atomic mass is 9.98. The molecule has 0 fully saturated rings. The van der Waals surface area contributed by atoms with Crippen molar-refractivity contribution in [3.63, 3.8) is 0 Å². The van der Waals surface area contributed by atoms with Crippen molar-refractivity contribution in [3.8, 4) is 56.4 Å². The van der Waals surface area contributed by atoms with Gasteiger partial charge in [-0.15, -0.1) is 11.3 Å². The summed E-state index contributed by atoms with van der Waals surface area (Å²) < 4.78 is 2.60. The van der Waals surface area contributed by atoms with Crippen LogP contribution in [-0.2, 0) is 0 Å². The molecule has 238 valence electrons. The monoisotopic (exact) mass is 667 g/mol. The molecule has 4 heteroatoms. The summed E-state index contributed by atoms with van der Waals surface area (Å²) in [5.41, 5.74) is 7.60. The Morgan fingerprint density at radius 3 is 1.63 bits per heavy atom. The fraction of sp³-hybridized carbons (Fsp3) is 0. The second kappa shape index (κ2) is 12.1. The highest BCUT2D eigenvalue weighted by Crippen LogP contribution is 2.40. The van der Waals surface area contributed by atoms with Gasteiger partial charge in [0.25, 0.3) is 0 Å². The normalized spacial score (nSPS) is 11.5. The molecule has 2 aromatic heterocycles. The molecule has 0 saturated carbocycles. The van der Waals surface area contributed by atoms with Crippen molar-refractivity contribution in [2.45, 2.75) is 0 Å². The standard InChI is InChI=1S/C47H29N3S/c1-2-11-36-29-37(28-21-30(36)9-1)31-19-24-34(25-20-31)45-48-46(50-47(49-45)40-16-7-12-32-10-3-4-13-38(32)40)35-26-22-33(23-27-35)39-15-8-18-43-44(39)41-14-5-6-17-42(41)51-43/h1-29H. The number of benzene rings is 8. The summed E-state index contributed by atoms with van der Waals surface area (Å²) in [7, 11) is 0. The first-order chi connectivity index (χ1) is 25.2. The van der Waals surface area contributed by atoms with Crippen LogP contribution >= 0.6 is 11.3 Å². The average molecular weight is 668 g/mol. The highest BCUT2D eigenvalue weighted by atomic mass is 32.1. The van der Waals surface area contributed by atoms with Gasteiger partial charge >= 0.3 is 0 Å². The lowest BCUT2D eigenvalue weighted by molar-refractivity contribution is 1.08. The van der Waals surface area contributed by atoms with Crippen molar-refractivity contribution in [1.82, 2.24) is 15.0 Å². The summed E-state index contributed by atoms with van der Waals surface area (Å²) in [4.78, 5) is 15.3. The first kappa shape index (κ1) is 29.4. The minimum atomic E-state index is 0.645. The molecule has 0 unspecified atom stereocenters. The minimum Gasteiger partial charge on any atom is -0.208 e. The van der Waals surface area contributed by atoms with Gasteiger partial charge < -0.3 is 0 Å². The van der Waals surface area contributed by atoms with Crippen LogP contribution in [0.5, 0.6) is 0 Å². The SMILES string of the molecule is c1ccc2cc(-c3ccc(-c4nc(-c5ccc(-c6cccc7sc8ccccc8c67)cc5)nc(-c5cccc6ccccc56)n4)cc3)ccc2c1. The van der Waals surface area contributed by atoms with E-state index in [9.17, 15) is 0 Å². The van der Waals surface area contributed by atoms with Crippen molar-refractivity contribution in [1.29, 1.82) is 0 Å². The molecule has 51 heavy (non-hydrogen) atoms. The molecule has 0 aliphatic carbocycles. The Morgan fingerprint density at radius 2 is 0.843 bits per heavy atom. The van der Waals surface area contributed by atoms with E-state index in [-0.39, 0.29) is 0 Å². The highest BCUT2D eigenvalue weighted by Gasteiger charge is 2.16. The Balaban J connectivity index is 1.08. The smallest absolute Gasteiger partial charge is 0.164 e. The highest BCUT2D eigenvalue weighted by molar-refractivity contribution is 7.25. The Morgan fingerprint density at radius 1 is 0.314 bits per heavy atom. The number of hydrogen-bond acceptors (Lipinski definition) is 4. The van der Waals surface area contributed by atoms with Gasteiger partial charge in [0.15, 0.2) is 17.5 Å². The molecular formula is C47H29N3S. The number of rotatable bonds is 5. The van der Waals surface area contributed by atoms with Gasteiger partial charge in [-0.25, -0.2) is 15.0 Å². The number of thiophene rings is 1. The Bertz CT molecular complexity index is 2900. The number of hydrogen-bond donors (Lipinski definition) is 0. The zero-order valence-corrected chi connectivity index (χ0v) is 28.3. The van der Waals surface area contributed by atoms with Crippen LogP contribution in [0.25, 0.3) is 98.1 Å². The van der Waals surface area contributed by atoms with Crippen molar-refractivity contribution in [2.75, 3.05) is 0 Å². The Labute approximate surface area is 299 Å². The van der Waals surface area contributed by atoms with E-state index in [2.05, 4.69) is 176 Å². The molecule has 0 aliphatic rings. The molecule has 0 atom stereocenters. The topological polar surface area (TPSA) is 38.7 Å². The Kier molecular flexibility index (Phi) is 7.00. The molecule has 0 amide bonds. The molecule has 10 aromatic rings. The van der Waals surface area contributed by atoms with Crippen LogP contribution in [-0.4, -0.2) is 15.0 Å². The van der Waals surface area contributed by atoms with E-state index >= 15 is 0 Å². The fourth-order valence-electron chi connectivity index (χ4n) is 7.17. The van der Waals surface area contributed by atoms with E-state index in [0.29, 0.717) is 17.5 Å². The van der Waals surface area contributed by atoms with Gasteiger partial charge in [0.1, 0.15) is 0 Å². The summed E-state index contributed by atoms with van der Waals surface area (Å²) >= 11 is 1.84. The Hall–Kier alpha value is -6.49. The van der Waals surface area contributed by atoms with E-state index in [1.54, 1.807) is 0 Å². The molecule has 0 N–H and O–H groups in total. The third kappa shape index (κ3) is 5.25. The molecule has 10 rings (SSSR count). The third-order valence-electron chi connectivity index (χ3n) is 9.75. The molecular weight excluding hydrogens is 639 g/mol. The van der Waals surface area contributed by atoms with Crippen LogP contribution in [0.3, 0.4) is 0 Å². The number of aromatic nitrogens is 3. The first-order valence-corrected chi connectivity index (χ1v) is 17.9. The predicted octanol–water partition coefficient (Wildman–Crippen LogP) is 12.9. The zero-order valence-electron chi connectivity index (χ0n) is 27.5. The number of fused-ring (bicyclic) bond motifs is 5. The second-order valence-electron chi connectivity index (χ2n) is 12.8. The maximum Gasteiger partial charge on any atom is 0.164 e. The van der Waals surface area contributed by atoms with Gasteiger partial charge in [0, 0.05) is 36.9 Å². The molecule has 0 spiro atoms. The average Bonchev–Trinajstić information content (AvgIpc) is 3.59. The summed E-state index contributed by atoms with van der Waals surface area (Å²) in [6.07, 6.45) is 0. The van der Waals surface area contributed by atoms with E-state index in [1.165, 1.54) is 47.6 Å². The lowest BCUT2D eigenvalue weighted by Crippen LogP contribution is -2.00. The van der Waals surface area contributed by atoms with E-state index in [0.717, 1.165) is 33.0 Å². The van der Waals surface area contributed by atoms with E-state index < -0.39 is 0 Å². The molecule has 8 aromatic carbocycles. The first-order valence-electron chi connectivity index (χ1n) is 17.1. The second-order valence-corrected chi connectivity index (χ2v) is 13.9. The van der Waals surface area contributed by atoms with Gasteiger partial charge in [0.05, 0.1) is 0 Å². The molecule has 0 bridgehead atoms. The van der Waals surface area contributed by atoms with Crippen molar-refractivity contribution < 1.29 is 0 Å². The fourth-order valence-corrected chi connectivity index (χ4v) is 8.30. The zero-order chi connectivity index (χ0) is 33.7. The van der Waals surface area contributed by atoms with Crippen LogP contribution in [0.2, 0.25) is 0 Å². The third-order valence-corrected chi connectivity index (χ3v) is 10.9.